The first-order valence-corrected chi connectivity index (χ1v) is 11.8. The Labute approximate surface area is 197 Å². The van der Waals surface area contributed by atoms with E-state index in [4.69, 9.17) is 14.5 Å². The summed E-state index contributed by atoms with van der Waals surface area (Å²) >= 11 is 1.56. The van der Waals surface area contributed by atoms with Gasteiger partial charge in [-0.3, -0.25) is 14.7 Å². The fourth-order valence-electron chi connectivity index (χ4n) is 3.63. The lowest BCUT2D eigenvalue weighted by Gasteiger charge is -2.33. The van der Waals surface area contributed by atoms with E-state index >= 15 is 0 Å². The van der Waals surface area contributed by atoms with Crippen molar-refractivity contribution >= 4 is 28.9 Å². The number of hydrogen-bond donors (Lipinski definition) is 0. The van der Waals surface area contributed by atoms with E-state index in [0.29, 0.717) is 24.0 Å². The number of amides is 1. The van der Waals surface area contributed by atoms with Gasteiger partial charge in [0, 0.05) is 16.6 Å². The van der Waals surface area contributed by atoms with Crippen molar-refractivity contribution < 1.29 is 19.1 Å². The molecule has 0 saturated heterocycles. The van der Waals surface area contributed by atoms with Crippen LogP contribution in [0.15, 0.2) is 42.6 Å². The molecule has 0 bridgehead atoms. The quantitative estimate of drug-likeness (QED) is 0.463. The van der Waals surface area contributed by atoms with Gasteiger partial charge in [-0.15, -0.1) is 11.3 Å². The minimum atomic E-state index is -0.761. The molecule has 0 fully saturated rings. The molecule has 7 nitrogen and oxygen atoms in total. The van der Waals surface area contributed by atoms with E-state index in [1.807, 2.05) is 43.3 Å². The van der Waals surface area contributed by atoms with Crippen molar-refractivity contribution in [3.05, 3.63) is 47.5 Å². The summed E-state index contributed by atoms with van der Waals surface area (Å²) in [5.41, 5.74) is 3.01. The van der Waals surface area contributed by atoms with E-state index in [0.717, 1.165) is 33.3 Å². The molecule has 1 amide bonds. The highest BCUT2D eigenvalue weighted by Crippen LogP contribution is 2.39. The highest BCUT2D eigenvalue weighted by atomic mass is 32.1. The van der Waals surface area contributed by atoms with Gasteiger partial charge >= 0.3 is 5.97 Å². The van der Waals surface area contributed by atoms with Crippen molar-refractivity contribution in [3.8, 4) is 27.7 Å². The van der Waals surface area contributed by atoms with Gasteiger partial charge in [0.05, 0.1) is 23.7 Å². The molecule has 33 heavy (non-hydrogen) atoms. The lowest BCUT2D eigenvalue weighted by atomic mass is 10.1. The molecule has 4 rings (SSSR count). The number of esters is 1. The number of nitrogens with zero attached hydrogens (tertiary/aromatic N) is 3. The van der Waals surface area contributed by atoms with Crippen LogP contribution in [-0.2, 0) is 14.3 Å². The van der Waals surface area contributed by atoms with Gasteiger partial charge < -0.3 is 9.47 Å². The second-order valence-electron chi connectivity index (χ2n) is 8.40. The second kappa shape index (κ2) is 9.70. The molecule has 3 aromatic rings. The molecular weight excluding hydrogens is 438 g/mol. The van der Waals surface area contributed by atoms with Crippen LogP contribution in [-0.4, -0.2) is 41.1 Å². The third kappa shape index (κ3) is 4.90. The van der Waals surface area contributed by atoms with Gasteiger partial charge in [0.25, 0.3) is 5.91 Å². The fraction of sp³-hybridized carbons (Fsp3) is 0.360. The number of rotatable bonds is 7. The van der Waals surface area contributed by atoms with Gasteiger partial charge in [0.15, 0.2) is 6.61 Å². The van der Waals surface area contributed by atoms with Gasteiger partial charge in [-0.1, -0.05) is 19.9 Å². The number of thiazole rings is 1. The first-order chi connectivity index (χ1) is 15.8. The topological polar surface area (TPSA) is 81.6 Å². The monoisotopic (exact) mass is 465 g/mol. The molecule has 8 heteroatoms. The van der Waals surface area contributed by atoms with Crippen LogP contribution in [0.4, 0.5) is 5.69 Å². The highest BCUT2D eigenvalue weighted by Gasteiger charge is 2.34. The standard InChI is InChI=1S/C25H27N3O4S/c1-15(2)10-12-31-25(30)16(3)28-20-13-18(8-9-21(20)32-14-22(28)29)23-17(4)33-24(27-23)19-7-5-6-11-26-19/h5-9,11,13,15-16H,10,12,14H2,1-4H3. The molecule has 2 aromatic heterocycles. The molecule has 172 valence electrons. The Morgan fingerprint density at radius 3 is 2.79 bits per heavy atom. The fourth-order valence-corrected chi connectivity index (χ4v) is 4.54. The first kappa shape index (κ1) is 22.9. The zero-order valence-corrected chi connectivity index (χ0v) is 20.0. The molecular formula is C25H27N3O4S. The number of fused-ring (bicyclic) bond motifs is 1. The lowest BCUT2D eigenvalue weighted by molar-refractivity contribution is -0.146. The van der Waals surface area contributed by atoms with E-state index in [-0.39, 0.29) is 12.5 Å². The molecule has 0 spiro atoms. The zero-order valence-electron chi connectivity index (χ0n) is 19.2. The van der Waals surface area contributed by atoms with Crippen LogP contribution in [0, 0.1) is 12.8 Å². The smallest absolute Gasteiger partial charge is 0.328 e. The zero-order chi connectivity index (χ0) is 23.5. The summed E-state index contributed by atoms with van der Waals surface area (Å²) in [6, 6.07) is 10.6. The minimum Gasteiger partial charge on any atom is -0.482 e. The molecule has 3 heterocycles. The van der Waals surface area contributed by atoms with Crippen LogP contribution >= 0.6 is 11.3 Å². The summed E-state index contributed by atoms with van der Waals surface area (Å²) in [7, 11) is 0. The van der Waals surface area contributed by atoms with E-state index in [2.05, 4.69) is 18.8 Å². The van der Waals surface area contributed by atoms with Crippen LogP contribution in [0.5, 0.6) is 5.75 Å². The number of hydrogen-bond acceptors (Lipinski definition) is 7. The summed E-state index contributed by atoms with van der Waals surface area (Å²) in [5, 5.41) is 0.826. The van der Waals surface area contributed by atoms with Crippen LogP contribution in [0.25, 0.3) is 22.0 Å². The number of ether oxygens (including phenoxy) is 2. The Bertz CT molecular complexity index is 1160. The van der Waals surface area contributed by atoms with E-state index in [9.17, 15) is 9.59 Å². The van der Waals surface area contributed by atoms with Crippen LogP contribution in [0.1, 0.15) is 32.1 Å². The molecule has 1 aromatic carbocycles. The van der Waals surface area contributed by atoms with Crippen molar-refractivity contribution in [3.63, 3.8) is 0 Å². The summed E-state index contributed by atoms with van der Waals surface area (Å²) in [5.74, 6) is 0.276. The van der Waals surface area contributed by atoms with Crippen molar-refractivity contribution in [2.75, 3.05) is 18.1 Å². The Kier molecular flexibility index (Phi) is 6.74. The summed E-state index contributed by atoms with van der Waals surface area (Å²) < 4.78 is 11.1. The molecule has 0 radical (unpaired) electrons. The predicted molar refractivity (Wildman–Crippen MR) is 128 cm³/mol. The largest absolute Gasteiger partial charge is 0.482 e. The van der Waals surface area contributed by atoms with Gasteiger partial charge in [-0.25, -0.2) is 9.78 Å². The number of aromatic nitrogens is 2. The maximum Gasteiger partial charge on any atom is 0.328 e. The number of carbonyl (C=O) groups is 2. The summed E-state index contributed by atoms with van der Waals surface area (Å²) in [4.78, 5) is 37.1. The average molecular weight is 466 g/mol. The second-order valence-corrected chi connectivity index (χ2v) is 9.60. The molecule has 1 aliphatic rings. The Balaban J connectivity index is 1.64. The SMILES string of the molecule is Cc1sc(-c2ccccn2)nc1-c1ccc2c(c1)N(C(C)C(=O)OCCC(C)C)C(=O)CO2. The highest BCUT2D eigenvalue weighted by molar-refractivity contribution is 7.15. The Morgan fingerprint density at radius 2 is 2.06 bits per heavy atom. The molecule has 1 atom stereocenters. The lowest BCUT2D eigenvalue weighted by Crippen LogP contribution is -2.48. The van der Waals surface area contributed by atoms with Gasteiger partial charge in [0.2, 0.25) is 0 Å². The average Bonchev–Trinajstić information content (AvgIpc) is 3.20. The minimum absolute atomic E-state index is 0.116. The predicted octanol–water partition coefficient (Wildman–Crippen LogP) is 4.88. The van der Waals surface area contributed by atoms with E-state index in [1.165, 1.54) is 4.90 Å². The van der Waals surface area contributed by atoms with Crippen LogP contribution in [0.2, 0.25) is 0 Å². The number of anilines is 1. The molecule has 0 aliphatic carbocycles. The third-order valence-electron chi connectivity index (χ3n) is 5.46. The third-order valence-corrected chi connectivity index (χ3v) is 6.45. The Hall–Kier alpha value is -3.26. The molecule has 1 aliphatic heterocycles. The van der Waals surface area contributed by atoms with Crippen molar-refractivity contribution in [2.24, 2.45) is 5.92 Å². The maximum absolute atomic E-state index is 12.8. The molecule has 0 saturated carbocycles. The van der Waals surface area contributed by atoms with Crippen molar-refractivity contribution in [1.82, 2.24) is 9.97 Å². The van der Waals surface area contributed by atoms with E-state index < -0.39 is 12.0 Å². The first-order valence-electron chi connectivity index (χ1n) is 11.0. The number of benzene rings is 1. The maximum atomic E-state index is 12.8. The number of aryl methyl sites for hydroxylation is 1. The number of carbonyl (C=O) groups excluding carboxylic acids is 2. The summed E-state index contributed by atoms with van der Waals surface area (Å²) in [6.07, 6.45) is 2.52. The summed E-state index contributed by atoms with van der Waals surface area (Å²) in [6.45, 7) is 8.05. The molecule has 0 N–H and O–H groups in total. The van der Waals surface area contributed by atoms with Crippen LogP contribution < -0.4 is 9.64 Å². The normalized spacial score (nSPS) is 14.1. The molecule has 1 unspecified atom stereocenters. The van der Waals surface area contributed by atoms with Gasteiger partial charge in [-0.2, -0.15) is 0 Å². The van der Waals surface area contributed by atoms with E-state index in [1.54, 1.807) is 24.5 Å². The number of pyridine rings is 1. The van der Waals surface area contributed by atoms with Crippen LogP contribution in [0.3, 0.4) is 0 Å². The van der Waals surface area contributed by atoms with Gasteiger partial charge in [0.1, 0.15) is 16.8 Å². The van der Waals surface area contributed by atoms with Crippen molar-refractivity contribution in [2.45, 2.75) is 40.2 Å². The van der Waals surface area contributed by atoms with Crippen molar-refractivity contribution in [1.29, 1.82) is 0 Å². The van der Waals surface area contributed by atoms with Gasteiger partial charge in [-0.05, 0) is 56.5 Å². The Morgan fingerprint density at radius 1 is 1.24 bits per heavy atom.